The molecule has 0 aliphatic carbocycles. The molecule has 0 spiro atoms. The topological polar surface area (TPSA) is 12.9 Å². The van der Waals surface area contributed by atoms with E-state index in [1.807, 2.05) is 31.3 Å². The number of rotatable bonds is 2. The second-order valence-electron chi connectivity index (χ2n) is 3.13. The molecule has 0 saturated heterocycles. The molecule has 0 N–H and O–H groups in total. The fourth-order valence-electron chi connectivity index (χ4n) is 1.41. The lowest BCUT2D eigenvalue weighted by atomic mass is 10.1. The van der Waals surface area contributed by atoms with Gasteiger partial charge in [0.1, 0.15) is 0 Å². The van der Waals surface area contributed by atoms with Gasteiger partial charge in [-0.25, -0.2) is 0 Å². The molecular weight excluding hydrogens is 170 g/mol. The van der Waals surface area contributed by atoms with Crippen molar-refractivity contribution < 1.29 is 0 Å². The quantitative estimate of drug-likeness (QED) is 0.694. The Bertz CT molecular complexity index is 407. The Balaban J connectivity index is 2.42. The van der Waals surface area contributed by atoms with Crippen LogP contribution < -0.4 is 0 Å². The van der Waals surface area contributed by atoms with Crippen LogP contribution in [0.5, 0.6) is 0 Å². The zero-order valence-electron chi connectivity index (χ0n) is 8.14. The molecule has 69 valence electrons. The van der Waals surface area contributed by atoms with E-state index in [1.54, 1.807) is 0 Å². The van der Waals surface area contributed by atoms with Crippen molar-refractivity contribution in [2.75, 3.05) is 0 Å². The summed E-state index contributed by atoms with van der Waals surface area (Å²) >= 11 is 0. The van der Waals surface area contributed by atoms with Crippen LogP contribution in [0.1, 0.15) is 12.5 Å². The second-order valence-corrected chi connectivity index (χ2v) is 3.13. The van der Waals surface area contributed by atoms with Gasteiger partial charge in [0.05, 0.1) is 5.69 Å². The van der Waals surface area contributed by atoms with E-state index in [0.29, 0.717) is 0 Å². The molecule has 0 bridgehead atoms. The van der Waals surface area contributed by atoms with Crippen molar-refractivity contribution in [3.05, 3.63) is 60.6 Å². The summed E-state index contributed by atoms with van der Waals surface area (Å²) in [7, 11) is 0. The first-order chi connectivity index (χ1) is 6.90. The largest absolute Gasteiger partial charge is 0.256 e. The Hall–Kier alpha value is -1.63. The van der Waals surface area contributed by atoms with Crippen LogP contribution in [0.25, 0.3) is 11.3 Å². The molecule has 0 atom stereocenters. The van der Waals surface area contributed by atoms with E-state index in [9.17, 15) is 0 Å². The number of nitrogens with zero attached hydrogens (tertiary/aromatic N) is 1. The summed E-state index contributed by atoms with van der Waals surface area (Å²) in [5.41, 5.74) is 3.42. The van der Waals surface area contributed by atoms with Crippen molar-refractivity contribution >= 4 is 0 Å². The molecule has 2 aromatic rings. The van der Waals surface area contributed by atoms with Gasteiger partial charge in [0.15, 0.2) is 0 Å². The maximum absolute atomic E-state index is 4.31. The summed E-state index contributed by atoms with van der Waals surface area (Å²) in [5.74, 6) is 0. The molecule has 2 rings (SSSR count). The second kappa shape index (κ2) is 4.05. The van der Waals surface area contributed by atoms with Gasteiger partial charge in [0.25, 0.3) is 0 Å². The number of hydrogen-bond donors (Lipinski definition) is 0. The lowest BCUT2D eigenvalue weighted by molar-refractivity contribution is 1.32. The number of hydrogen-bond acceptors (Lipinski definition) is 1. The highest BCUT2D eigenvalue weighted by Crippen LogP contribution is 2.18. The van der Waals surface area contributed by atoms with Gasteiger partial charge in [-0.05, 0) is 30.2 Å². The maximum Gasteiger partial charge on any atom is 0.0702 e. The van der Waals surface area contributed by atoms with E-state index in [-0.39, 0.29) is 0 Å². The molecule has 0 aliphatic heterocycles. The average Bonchev–Trinajstić information content (AvgIpc) is 2.30. The van der Waals surface area contributed by atoms with Gasteiger partial charge < -0.3 is 0 Å². The highest BCUT2D eigenvalue weighted by molar-refractivity contribution is 5.60. The van der Waals surface area contributed by atoms with Gasteiger partial charge in [-0.3, -0.25) is 4.98 Å². The Morgan fingerprint density at radius 2 is 2.00 bits per heavy atom. The van der Waals surface area contributed by atoms with Gasteiger partial charge in [-0.1, -0.05) is 31.2 Å². The molecule has 1 heterocycles. The van der Waals surface area contributed by atoms with E-state index in [2.05, 4.69) is 35.7 Å². The highest BCUT2D eigenvalue weighted by Gasteiger charge is 1.97. The summed E-state index contributed by atoms with van der Waals surface area (Å²) < 4.78 is 0. The zero-order valence-corrected chi connectivity index (χ0v) is 8.14. The highest BCUT2D eigenvalue weighted by atomic mass is 14.7. The Kier molecular flexibility index (Phi) is 2.59. The molecule has 1 aromatic heterocycles. The standard InChI is InChI=1S/C13H12N/c1-2-11-6-5-7-12(10-11)13-8-3-4-9-14-13/h2-10H,1H3. The summed E-state index contributed by atoms with van der Waals surface area (Å²) in [6, 6.07) is 14.3. The Morgan fingerprint density at radius 3 is 2.71 bits per heavy atom. The van der Waals surface area contributed by atoms with Gasteiger partial charge in [-0.15, -0.1) is 0 Å². The van der Waals surface area contributed by atoms with Crippen molar-refractivity contribution in [2.24, 2.45) is 0 Å². The van der Waals surface area contributed by atoms with Crippen LogP contribution in [-0.4, -0.2) is 4.98 Å². The van der Waals surface area contributed by atoms with Crippen LogP contribution in [0.4, 0.5) is 0 Å². The van der Waals surface area contributed by atoms with Crippen LogP contribution in [-0.2, 0) is 0 Å². The summed E-state index contributed by atoms with van der Waals surface area (Å²) in [6.07, 6.45) is 3.91. The minimum Gasteiger partial charge on any atom is -0.256 e. The van der Waals surface area contributed by atoms with Gasteiger partial charge in [-0.2, -0.15) is 0 Å². The van der Waals surface area contributed by atoms with E-state index in [4.69, 9.17) is 0 Å². The monoisotopic (exact) mass is 182 g/mol. The normalized spacial score (nSPS) is 10.1. The molecule has 0 aliphatic rings. The van der Waals surface area contributed by atoms with Crippen LogP contribution >= 0.6 is 0 Å². The van der Waals surface area contributed by atoms with Gasteiger partial charge in [0.2, 0.25) is 0 Å². The van der Waals surface area contributed by atoms with E-state index in [1.165, 1.54) is 11.1 Å². The van der Waals surface area contributed by atoms with Crippen molar-refractivity contribution in [3.8, 4) is 11.3 Å². The molecule has 14 heavy (non-hydrogen) atoms. The molecular formula is C13H12N. The third kappa shape index (κ3) is 1.82. The SMILES string of the molecule is C[CH]c1cccc(-c2ccccn2)c1. The van der Waals surface area contributed by atoms with Crippen molar-refractivity contribution in [3.63, 3.8) is 0 Å². The van der Waals surface area contributed by atoms with Crippen LogP contribution in [0.2, 0.25) is 0 Å². The summed E-state index contributed by atoms with van der Waals surface area (Å²) in [6.45, 7) is 2.04. The van der Waals surface area contributed by atoms with Crippen LogP contribution in [0.3, 0.4) is 0 Å². The molecule has 1 heteroatoms. The van der Waals surface area contributed by atoms with E-state index in [0.717, 1.165) is 5.69 Å². The van der Waals surface area contributed by atoms with Crippen LogP contribution in [0.15, 0.2) is 48.7 Å². The first kappa shape index (κ1) is 8.95. The molecule has 0 saturated carbocycles. The first-order valence-corrected chi connectivity index (χ1v) is 4.71. The van der Waals surface area contributed by atoms with Crippen molar-refractivity contribution in [1.82, 2.24) is 4.98 Å². The fourth-order valence-corrected chi connectivity index (χ4v) is 1.41. The molecule has 1 nitrogen and oxygen atoms in total. The Morgan fingerprint density at radius 1 is 1.07 bits per heavy atom. The average molecular weight is 182 g/mol. The number of benzene rings is 1. The maximum atomic E-state index is 4.31. The van der Waals surface area contributed by atoms with Crippen LogP contribution in [0, 0.1) is 6.42 Å². The molecule has 1 radical (unpaired) electrons. The van der Waals surface area contributed by atoms with E-state index < -0.39 is 0 Å². The zero-order chi connectivity index (χ0) is 9.80. The number of pyridine rings is 1. The lowest BCUT2D eigenvalue weighted by Gasteiger charge is -2.02. The summed E-state index contributed by atoms with van der Waals surface area (Å²) in [5, 5.41) is 0. The smallest absolute Gasteiger partial charge is 0.0702 e. The van der Waals surface area contributed by atoms with Gasteiger partial charge in [0, 0.05) is 11.8 Å². The Labute approximate surface area is 84.4 Å². The third-order valence-corrected chi connectivity index (χ3v) is 2.18. The number of aromatic nitrogens is 1. The minimum absolute atomic E-state index is 1.02. The fraction of sp³-hybridized carbons (Fsp3) is 0.0769. The molecule has 1 aromatic carbocycles. The lowest BCUT2D eigenvalue weighted by Crippen LogP contribution is -1.83. The summed E-state index contributed by atoms with van der Waals surface area (Å²) in [4.78, 5) is 4.31. The minimum atomic E-state index is 1.02. The third-order valence-electron chi connectivity index (χ3n) is 2.18. The predicted octanol–water partition coefficient (Wildman–Crippen LogP) is 3.32. The van der Waals surface area contributed by atoms with E-state index >= 15 is 0 Å². The van der Waals surface area contributed by atoms with Crippen molar-refractivity contribution in [1.29, 1.82) is 0 Å². The molecule has 0 unspecified atom stereocenters. The van der Waals surface area contributed by atoms with Gasteiger partial charge >= 0.3 is 0 Å². The predicted molar refractivity (Wildman–Crippen MR) is 58.7 cm³/mol. The first-order valence-electron chi connectivity index (χ1n) is 4.71. The molecule has 0 fully saturated rings. The molecule has 0 amide bonds. The van der Waals surface area contributed by atoms with Crippen molar-refractivity contribution in [2.45, 2.75) is 6.92 Å².